The summed E-state index contributed by atoms with van der Waals surface area (Å²) in [5, 5.41) is 0. The Morgan fingerprint density at radius 2 is 2.00 bits per heavy atom. The molecule has 0 aliphatic rings. The predicted octanol–water partition coefficient (Wildman–Crippen LogP) is 4.67. The zero-order valence-electron chi connectivity index (χ0n) is 12.6. The summed E-state index contributed by atoms with van der Waals surface area (Å²) >= 11 is 0. The molecule has 0 amide bonds. The lowest BCUT2D eigenvalue weighted by atomic mass is 10.0. The van der Waals surface area contributed by atoms with Gasteiger partial charge in [-0.2, -0.15) is 0 Å². The fourth-order valence-electron chi connectivity index (χ4n) is 2.02. The molecule has 20 heavy (non-hydrogen) atoms. The Balaban J connectivity index is 2.40. The van der Waals surface area contributed by atoms with Crippen LogP contribution in [0.4, 0.5) is 0 Å². The summed E-state index contributed by atoms with van der Waals surface area (Å²) in [6.07, 6.45) is 8.67. The summed E-state index contributed by atoms with van der Waals surface area (Å²) < 4.78 is 5.34. The summed E-state index contributed by atoms with van der Waals surface area (Å²) in [6.45, 7) is 6.00. The van der Waals surface area contributed by atoms with Crippen molar-refractivity contribution in [3.05, 3.63) is 59.9 Å². The van der Waals surface area contributed by atoms with E-state index in [9.17, 15) is 4.79 Å². The van der Waals surface area contributed by atoms with Crippen LogP contribution in [-0.4, -0.2) is 5.97 Å². The smallest absolute Gasteiger partial charge is 0.315 e. The third kappa shape index (κ3) is 6.93. The molecule has 2 heteroatoms. The molecule has 1 aromatic carbocycles. The lowest BCUT2D eigenvalue weighted by Crippen LogP contribution is -2.07. The molecule has 1 aromatic rings. The van der Waals surface area contributed by atoms with E-state index in [0.29, 0.717) is 18.1 Å². The first-order valence-electron chi connectivity index (χ1n) is 7.16. The van der Waals surface area contributed by atoms with Crippen LogP contribution in [0.2, 0.25) is 0 Å². The van der Waals surface area contributed by atoms with Crippen molar-refractivity contribution >= 4 is 5.97 Å². The van der Waals surface area contributed by atoms with E-state index in [0.717, 1.165) is 18.4 Å². The highest BCUT2D eigenvalue weighted by molar-refractivity contribution is 5.73. The van der Waals surface area contributed by atoms with E-state index in [4.69, 9.17) is 4.74 Å². The van der Waals surface area contributed by atoms with Crippen LogP contribution >= 0.6 is 0 Å². The van der Waals surface area contributed by atoms with E-state index in [1.165, 1.54) is 0 Å². The summed E-state index contributed by atoms with van der Waals surface area (Å²) in [4.78, 5) is 11.8. The van der Waals surface area contributed by atoms with Crippen LogP contribution in [0.15, 0.2) is 54.3 Å². The van der Waals surface area contributed by atoms with E-state index in [-0.39, 0.29) is 5.97 Å². The maximum absolute atomic E-state index is 11.8. The molecule has 0 saturated carbocycles. The Morgan fingerprint density at radius 3 is 2.65 bits per heavy atom. The lowest BCUT2D eigenvalue weighted by Gasteiger charge is -2.08. The van der Waals surface area contributed by atoms with E-state index < -0.39 is 0 Å². The van der Waals surface area contributed by atoms with Crippen LogP contribution in [0.25, 0.3) is 0 Å². The molecule has 2 nitrogen and oxygen atoms in total. The maximum Gasteiger partial charge on any atom is 0.315 e. The van der Waals surface area contributed by atoms with Gasteiger partial charge in [0, 0.05) is 0 Å². The van der Waals surface area contributed by atoms with Crippen LogP contribution in [0.1, 0.15) is 39.2 Å². The molecule has 108 valence electrons. The van der Waals surface area contributed by atoms with Crippen LogP contribution < -0.4 is 0 Å². The zero-order chi connectivity index (χ0) is 14.8. The molecule has 1 unspecified atom stereocenters. The van der Waals surface area contributed by atoms with Crippen LogP contribution in [0.5, 0.6) is 0 Å². The van der Waals surface area contributed by atoms with Crippen molar-refractivity contribution in [1.29, 1.82) is 0 Å². The van der Waals surface area contributed by atoms with Gasteiger partial charge in [0.1, 0.15) is 5.76 Å². The van der Waals surface area contributed by atoms with Crippen molar-refractivity contribution in [3.8, 4) is 0 Å². The SMILES string of the molecule is C/C=C/CCC(C)/C=C(\C)OC(=O)Cc1ccccc1. The first-order chi connectivity index (χ1) is 9.61. The highest BCUT2D eigenvalue weighted by Gasteiger charge is 2.06. The van der Waals surface area contributed by atoms with Crippen LogP contribution in [0.3, 0.4) is 0 Å². The molecule has 0 fully saturated rings. The minimum Gasteiger partial charge on any atom is -0.431 e. The predicted molar refractivity (Wildman–Crippen MR) is 83.2 cm³/mol. The Morgan fingerprint density at radius 1 is 1.30 bits per heavy atom. The molecule has 0 bridgehead atoms. The van der Waals surface area contributed by atoms with Crippen molar-refractivity contribution in [2.24, 2.45) is 5.92 Å². The average Bonchev–Trinajstić information content (AvgIpc) is 2.39. The Labute approximate surface area is 122 Å². The Hall–Kier alpha value is -1.83. The number of esters is 1. The van der Waals surface area contributed by atoms with Gasteiger partial charge in [0.2, 0.25) is 0 Å². The fraction of sp³-hybridized carbons (Fsp3) is 0.389. The lowest BCUT2D eigenvalue weighted by molar-refractivity contribution is -0.138. The van der Waals surface area contributed by atoms with Gasteiger partial charge in [-0.1, -0.05) is 49.4 Å². The molecule has 0 saturated heterocycles. The molecule has 0 heterocycles. The van der Waals surface area contributed by atoms with Crippen molar-refractivity contribution in [2.45, 2.75) is 40.0 Å². The molecule has 0 spiro atoms. The maximum atomic E-state index is 11.8. The fourth-order valence-corrected chi connectivity index (χ4v) is 2.02. The number of carbonyl (C=O) groups excluding carboxylic acids is 1. The summed E-state index contributed by atoms with van der Waals surface area (Å²) in [5.74, 6) is 0.903. The second kappa shape index (κ2) is 9.13. The Kier molecular flexibility index (Phi) is 7.41. The third-order valence-corrected chi connectivity index (χ3v) is 3.01. The van der Waals surface area contributed by atoms with E-state index in [1.807, 2.05) is 50.3 Å². The van der Waals surface area contributed by atoms with E-state index in [2.05, 4.69) is 19.1 Å². The minimum absolute atomic E-state index is 0.203. The first-order valence-corrected chi connectivity index (χ1v) is 7.16. The van der Waals surface area contributed by atoms with Gasteiger partial charge >= 0.3 is 5.97 Å². The van der Waals surface area contributed by atoms with Gasteiger partial charge in [-0.25, -0.2) is 0 Å². The van der Waals surface area contributed by atoms with Crippen molar-refractivity contribution < 1.29 is 9.53 Å². The van der Waals surface area contributed by atoms with Gasteiger partial charge in [-0.05, 0) is 44.2 Å². The topological polar surface area (TPSA) is 26.3 Å². The molecule has 1 rings (SSSR count). The molecular weight excluding hydrogens is 248 g/mol. The standard InChI is InChI=1S/C18H24O2/c1-4-5-7-10-15(2)13-16(3)20-18(19)14-17-11-8-6-9-12-17/h4-6,8-9,11-13,15H,7,10,14H2,1-3H3/b5-4+,16-13+. The minimum atomic E-state index is -0.203. The first kappa shape index (κ1) is 16.2. The number of benzene rings is 1. The number of carbonyl (C=O) groups is 1. The number of hydrogen-bond acceptors (Lipinski definition) is 2. The summed E-state index contributed by atoms with van der Waals surface area (Å²) in [6, 6.07) is 9.65. The quantitative estimate of drug-likeness (QED) is 0.409. The van der Waals surface area contributed by atoms with Crippen LogP contribution in [-0.2, 0) is 16.0 Å². The molecule has 1 atom stereocenters. The number of ether oxygens (including phenoxy) is 1. The molecule has 0 aliphatic heterocycles. The average molecular weight is 272 g/mol. The molecule has 0 radical (unpaired) electrons. The van der Waals surface area contributed by atoms with Gasteiger partial charge in [0.15, 0.2) is 0 Å². The number of allylic oxidation sites excluding steroid dienone is 4. The van der Waals surface area contributed by atoms with E-state index >= 15 is 0 Å². The van der Waals surface area contributed by atoms with Crippen molar-refractivity contribution in [3.63, 3.8) is 0 Å². The highest BCUT2D eigenvalue weighted by atomic mass is 16.5. The third-order valence-electron chi connectivity index (χ3n) is 3.01. The molecule has 0 aliphatic carbocycles. The van der Waals surface area contributed by atoms with Gasteiger partial charge < -0.3 is 4.74 Å². The molecular formula is C18H24O2. The molecule has 0 aromatic heterocycles. The summed E-state index contributed by atoms with van der Waals surface area (Å²) in [5.41, 5.74) is 0.978. The van der Waals surface area contributed by atoms with E-state index in [1.54, 1.807) is 0 Å². The summed E-state index contributed by atoms with van der Waals surface area (Å²) in [7, 11) is 0. The number of rotatable bonds is 7. The highest BCUT2D eigenvalue weighted by Crippen LogP contribution is 2.12. The zero-order valence-corrected chi connectivity index (χ0v) is 12.6. The number of hydrogen-bond donors (Lipinski definition) is 0. The second-order valence-corrected chi connectivity index (χ2v) is 5.04. The van der Waals surface area contributed by atoms with Crippen LogP contribution in [0, 0.1) is 5.92 Å². The van der Waals surface area contributed by atoms with Gasteiger partial charge in [0.05, 0.1) is 6.42 Å². The largest absolute Gasteiger partial charge is 0.431 e. The van der Waals surface area contributed by atoms with Crippen molar-refractivity contribution in [1.82, 2.24) is 0 Å². The van der Waals surface area contributed by atoms with Gasteiger partial charge in [-0.15, -0.1) is 0 Å². The van der Waals surface area contributed by atoms with Gasteiger partial charge in [0.25, 0.3) is 0 Å². The molecule has 0 N–H and O–H groups in total. The monoisotopic (exact) mass is 272 g/mol. The Bertz CT molecular complexity index is 458. The normalized spacial score (nSPS) is 13.4. The second-order valence-electron chi connectivity index (χ2n) is 5.04. The van der Waals surface area contributed by atoms with Gasteiger partial charge in [-0.3, -0.25) is 4.79 Å². The van der Waals surface area contributed by atoms with Crippen molar-refractivity contribution in [2.75, 3.05) is 0 Å².